The molecule has 0 saturated carbocycles. The minimum atomic E-state index is -1.25. The van der Waals surface area contributed by atoms with Gasteiger partial charge in [-0.05, 0) is 36.2 Å². The number of benzene rings is 1. The van der Waals surface area contributed by atoms with E-state index in [1.807, 2.05) is 0 Å². The van der Waals surface area contributed by atoms with E-state index >= 15 is 0 Å². The second-order valence-corrected chi connectivity index (χ2v) is 5.18. The van der Waals surface area contributed by atoms with Gasteiger partial charge in [-0.25, -0.2) is 4.79 Å². The van der Waals surface area contributed by atoms with Crippen LogP contribution in [-0.2, 0) is 11.2 Å². The van der Waals surface area contributed by atoms with Crippen molar-refractivity contribution in [2.75, 3.05) is 0 Å². The quantitative estimate of drug-likeness (QED) is 0.873. The molecule has 0 aliphatic rings. The van der Waals surface area contributed by atoms with E-state index in [-0.39, 0.29) is 17.9 Å². The average molecular weight is 329 g/mol. The molecule has 0 bridgehead atoms. The van der Waals surface area contributed by atoms with Gasteiger partial charge in [-0.2, -0.15) is 0 Å². The van der Waals surface area contributed by atoms with Crippen LogP contribution >= 0.6 is 23.2 Å². The fourth-order valence-corrected chi connectivity index (χ4v) is 2.36. The molecule has 2 aromatic rings. The van der Waals surface area contributed by atoms with E-state index in [4.69, 9.17) is 32.7 Å². The van der Waals surface area contributed by atoms with E-state index in [1.54, 1.807) is 12.1 Å². The molecule has 0 amide bonds. The van der Waals surface area contributed by atoms with Crippen LogP contribution < -0.4 is 0 Å². The molecule has 1 heterocycles. The molecule has 110 valence electrons. The topological polar surface area (TPSA) is 87.7 Å². The standard InChI is InChI=1S/C14H10Cl2O5/c15-8-2-1-7(10(16)6-8)5-9(13(17)18)11-3-4-12(21-11)14(19)20/h1-4,6,9H,5H2,(H,17,18)(H,19,20). The smallest absolute Gasteiger partial charge is 0.371 e. The summed E-state index contributed by atoms with van der Waals surface area (Å²) in [5.74, 6) is -3.66. The third kappa shape index (κ3) is 3.56. The summed E-state index contributed by atoms with van der Waals surface area (Å²) in [5.41, 5.74) is 0.585. The van der Waals surface area contributed by atoms with Crippen LogP contribution in [0.15, 0.2) is 34.7 Å². The lowest BCUT2D eigenvalue weighted by Crippen LogP contribution is -2.14. The zero-order valence-corrected chi connectivity index (χ0v) is 12.1. The Balaban J connectivity index is 2.30. The zero-order valence-electron chi connectivity index (χ0n) is 10.5. The molecule has 0 saturated heterocycles. The summed E-state index contributed by atoms with van der Waals surface area (Å²) in [6.07, 6.45) is 0.0674. The Morgan fingerprint density at radius 1 is 1.14 bits per heavy atom. The number of hydrogen-bond donors (Lipinski definition) is 2. The Morgan fingerprint density at radius 3 is 2.38 bits per heavy atom. The maximum atomic E-state index is 11.4. The zero-order chi connectivity index (χ0) is 15.6. The second-order valence-electron chi connectivity index (χ2n) is 4.34. The van der Waals surface area contributed by atoms with Gasteiger partial charge in [-0.15, -0.1) is 0 Å². The summed E-state index contributed by atoms with van der Waals surface area (Å²) < 4.78 is 5.05. The molecule has 0 aliphatic heterocycles. The van der Waals surface area contributed by atoms with E-state index in [0.717, 1.165) is 0 Å². The van der Waals surface area contributed by atoms with E-state index in [1.165, 1.54) is 18.2 Å². The van der Waals surface area contributed by atoms with E-state index < -0.39 is 17.9 Å². The van der Waals surface area contributed by atoms with E-state index in [9.17, 15) is 14.7 Å². The van der Waals surface area contributed by atoms with Gasteiger partial charge in [0.05, 0.1) is 0 Å². The molecule has 0 aliphatic carbocycles. The van der Waals surface area contributed by atoms with Crippen molar-refractivity contribution >= 4 is 35.1 Å². The molecule has 21 heavy (non-hydrogen) atoms. The van der Waals surface area contributed by atoms with Gasteiger partial charge in [0.25, 0.3) is 0 Å². The maximum absolute atomic E-state index is 11.4. The number of aliphatic carboxylic acids is 1. The van der Waals surface area contributed by atoms with Crippen LogP contribution in [0.3, 0.4) is 0 Å². The van der Waals surface area contributed by atoms with Crippen LogP contribution in [0.2, 0.25) is 10.0 Å². The van der Waals surface area contributed by atoms with Crippen molar-refractivity contribution in [1.82, 2.24) is 0 Å². The highest BCUT2D eigenvalue weighted by Gasteiger charge is 2.26. The average Bonchev–Trinajstić information content (AvgIpc) is 2.87. The minimum Gasteiger partial charge on any atom is -0.481 e. The van der Waals surface area contributed by atoms with Crippen molar-refractivity contribution < 1.29 is 24.2 Å². The van der Waals surface area contributed by atoms with Crippen LogP contribution in [0.4, 0.5) is 0 Å². The molecule has 1 aromatic heterocycles. The van der Waals surface area contributed by atoms with Gasteiger partial charge >= 0.3 is 11.9 Å². The fourth-order valence-electron chi connectivity index (χ4n) is 1.87. The Bertz CT molecular complexity index is 692. The van der Waals surface area contributed by atoms with Crippen molar-refractivity contribution in [3.8, 4) is 0 Å². The normalized spacial score (nSPS) is 12.1. The number of rotatable bonds is 5. The van der Waals surface area contributed by atoms with Gasteiger partial charge in [0.15, 0.2) is 0 Å². The van der Waals surface area contributed by atoms with Gasteiger partial charge in [-0.1, -0.05) is 29.3 Å². The maximum Gasteiger partial charge on any atom is 0.371 e. The molecule has 1 atom stereocenters. The fraction of sp³-hybridized carbons (Fsp3) is 0.143. The highest BCUT2D eigenvalue weighted by Crippen LogP contribution is 2.28. The lowest BCUT2D eigenvalue weighted by molar-refractivity contribution is -0.139. The molecule has 0 radical (unpaired) electrons. The lowest BCUT2D eigenvalue weighted by atomic mass is 9.97. The summed E-state index contributed by atoms with van der Waals surface area (Å²) in [5, 5.41) is 18.9. The van der Waals surface area contributed by atoms with Crippen LogP contribution in [-0.4, -0.2) is 22.2 Å². The summed E-state index contributed by atoms with van der Waals surface area (Å²) in [7, 11) is 0. The summed E-state index contributed by atoms with van der Waals surface area (Å²) in [6.45, 7) is 0. The number of carboxylic acid groups (broad SMARTS) is 2. The number of aromatic carboxylic acids is 1. The third-order valence-corrected chi connectivity index (χ3v) is 3.51. The summed E-state index contributed by atoms with van der Waals surface area (Å²) in [4.78, 5) is 22.2. The van der Waals surface area contributed by atoms with Crippen molar-refractivity contribution in [3.63, 3.8) is 0 Å². The lowest BCUT2D eigenvalue weighted by Gasteiger charge is -2.11. The molecule has 1 unspecified atom stereocenters. The van der Waals surface area contributed by atoms with Crippen LogP contribution in [0.1, 0.15) is 27.8 Å². The highest BCUT2D eigenvalue weighted by atomic mass is 35.5. The SMILES string of the molecule is O=C(O)c1ccc(C(Cc2ccc(Cl)cc2Cl)C(=O)O)o1. The first kappa shape index (κ1) is 15.4. The first-order valence-corrected chi connectivity index (χ1v) is 6.64. The molecule has 5 nitrogen and oxygen atoms in total. The first-order chi connectivity index (χ1) is 9.88. The monoisotopic (exact) mass is 328 g/mol. The summed E-state index contributed by atoms with van der Waals surface area (Å²) >= 11 is 11.8. The predicted octanol–water partition coefficient (Wildman–Crippen LogP) is 3.70. The molecule has 1 aromatic carbocycles. The largest absolute Gasteiger partial charge is 0.481 e. The Kier molecular flexibility index (Phi) is 4.55. The number of furan rings is 1. The van der Waals surface area contributed by atoms with E-state index in [0.29, 0.717) is 15.6 Å². The van der Waals surface area contributed by atoms with Gasteiger partial charge in [-0.3, -0.25) is 4.79 Å². The Labute approximate surface area is 129 Å². The van der Waals surface area contributed by atoms with Crippen molar-refractivity contribution in [1.29, 1.82) is 0 Å². The molecule has 0 fully saturated rings. The summed E-state index contributed by atoms with van der Waals surface area (Å²) in [6, 6.07) is 7.31. The van der Waals surface area contributed by atoms with Gasteiger partial charge < -0.3 is 14.6 Å². The second kappa shape index (κ2) is 6.20. The van der Waals surface area contributed by atoms with Crippen LogP contribution in [0.25, 0.3) is 0 Å². The molecule has 2 rings (SSSR count). The van der Waals surface area contributed by atoms with Gasteiger partial charge in [0, 0.05) is 10.0 Å². The number of carboxylic acids is 2. The number of hydrogen-bond acceptors (Lipinski definition) is 3. The molecule has 0 spiro atoms. The van der Waals surface area contributed by atoms with Crippen molar-refractivity contribution in [3.05, 3.63) is 57.5 Å². The predicted molar refractivity (Wildman–Crippen MR) is 76.2 cm³/mol. The minimum absolute atomic E-state index is 0.0610. The first-order valence-electron chi connectivity index (χ1n) is 5.88. The molecular weight excluding hydrogens is 319 g/mol. The van der Waals surface area contributed by atoms with E-state index in [2.05, 4.69) is 0 Å². The van der Waals surface area contributed by atoms with Crippen LogP contribution in [0.5, 0.6) is 0 Å². The molecule has 7 heteroatoms. The Hall–Kier alpha value is -1.98. The number of carbonyl (C=O) groups is 2. The molecule has 2 N–H and O–H groups in total. The van der Waals surface area contributed by atoms with Crippen molar-refractivity contribution in [2.24, 2.45) is 0 Å². The van der Waals surface area contributed by atoms with Crippen molar-refractivity contribution in [2.45, 2.75) is 12.3 Å². The molecular formula is C14H10Cl2O5. The van der Waals surface area contributed by atoms with Gasteiger partial charge in [0.2, 0.25) is 5.76 Å². The number of halogens is 2. The van der Waals surface area contributed by atoms with Gasteiger partial charge in [0.1, 0.15) is 11.7 Å². The Morgan fingerprint density at radius 2 is 1.86 bits per heavy atom. The third-order valence-electron chi connectivity index (χ3n) is 2.92. The van der Waals surface area contributed by atoms with Crippen LogP contribution in [0, 0.1) is 0 Å². The highest BCUT2D eigenvalue weighted by molar-refractivity contribution is 6.35.